The lowest BCUT2D eigenvalue weighted by Crippen LogP contribution is -2.47. The number of carbonyl (C=O) groups is 1. The molecule has 0 atom stereocenters. The third-order valence-electron chi connectivity index (χ3n) is 3.83. The number of hydrogen-bond donors (Lipinski definition) is 2. The van der Waals surface area contributed by atoms with Gasteiger partial charge in [0.05, 0.1) is 17.7 Å². The van der Waals surface area contributed by atoms with Gasteiger partial charge in [0.25, 0.3) is 0 Å². The van der Waals surface area contributed by atoms with E-state index in [0.29, 0.717) is 29.6 Å². The zero-order valence-corrected chi connectivity index (χ0v) is 12.5. The Hall–Kier alpha value is -1.26. The minimum Gasteiger partial charge on any atom is -0.491 e. The summed E-state index contributed by atoms with van der Waals surface area (Å²) in [6.45, 7) is 3.02. The van der Waals surface area contributed by atoms with Crippen LogP contribution in [0, 0.1) is 5.41 Å². The van der Waals surface area contributed by atoms with Crippen LogP contribution in [0.5, 0.6) is 5.75 Å². The van der Waals surface area contributed by atoms with E-state index in [9.17, 15) is 4.79 Å². The van der Waals surface area contributed by atoms with Crippen molar-refractivity contribution in [1.29, 1.82) is 0 Å². The van der Waals surface area contributed by atoms with Gasteiger partial charge < -0.3 is 15.8 Å². The Morgan fingerprint density at radius 2 is 2.25 bits per heavy atom. The molecule has 1 aromatic carbocycles. The molecule has 1 aliphatic rings. The minimum atomic E-state index is -0.412. The molecule has 110 valence electrons. The lowest BCUT2D eigenvalue weighted by atomic mass is 9.68. The number of hydrogen-bond acceptors (Lipinski definition) is 3. The van der Waals surface area contributed by atoms with Crippen LogP contribution in [0.1, 0.15) is 32.6 Å². The summed E-state index contributed by atoms with van der Waals surface area (Å²) in [4.78, 5) is 12.4. The van der Waals surface area contributed by atoms with Crippen LogP contribution in [0.25, 0.3) is 0 Å². The van der Waals surface area contributed by atoms with Crippen LogP contribution in [0.3, 0.4) is 0 Å². The Kier molecular flexibility index (Phi) is 4.89. The third-order valence-corrected chi connectivity index (χ3v) is 4.07. The zero-order chi connectivity index (χ0) is 14.6. The Bertz CT molecular complexity index is 481. The lowest BCUT2D eigenvalue weighted by Gasteiger charge is -2.39. The van der Waals surface area contributed by atoms with Gasteiger partial charge in [-0.25, -0.2) is 0 Å². The van der Waals surface area contributed by atoms with E-state index >= 15 is 0 Å². The van der Waals surface area contributed by atoms with Crippen LogP contribution in [0.4, 0.5) is 5.69 Å². The molecule has 20 heavy (non-hydrogen) atoms. The number of amides is 1. The van der Waals surface area contributed by atoms with Gasteiger partial charge in [-0.1, -0.05) is 24.9 Å². The molecule has 0 aliphatic heterocycles. The molecule has 1 aromatic rings. The van der Waals surface area contributed by atoms with Crippen molar-refractivity contribution < 1.29 is 9.53 Å². The van der Waals surface area contributed by atoms with E-state index in [-0.39, 0.29) is 5.91 Å². The molecule has 1 saturated carbocycles. The Labute approximate surface area is 124 Å². The Morgan fingerprint density at radius 3 is 2.80 bits per heavy atom. The molecule has 0 unspecified atom stereocenters. The molecule has 0 aromatic heterocycles. The molecular formula is C15H21ClN2O2. The molecule has 1 fully saturated rings. The fraction of sp³-hybridized carbons (Fsp3) is 0.533. The molecule has 2 rings (SSSR count). The highest BCUT2D eigenvalue weighted by molar-refractivity contribution is 6.31. The molecule has 5 heteroatoms. The molecule has 0 radical (unpaired) electrons. The van der Waals surface area contributed by atoms with E-state index < -0.39 is 5.41 Å². The normalized spacial score (nSPS) is 16.4. The predicted octanol–water partition coefficient (Wildman–Crippen LogP) is 3.20. The monoisotopic (exact) mass is 296 g/mol. The van der Waals surface area contributed by atoms with E-state index in [1.165, 1.54) is 0 Å². The number of anilines is 1. The highest BCUT2D eigenvalue weighted by Gasteiger charge is 2.43. The summed E-state index contributed by atoms with van der Waals surface area (Å²) in [5, 5.41) is 3.49. The number of nitrogens with one attached hydrogen (secondary N) is 1. The molecule has 1 amide bonds. The van der Waals surface area contributed by atoms with Gasteiger partial charge in [-0.3, -0.25) is 4.79 Å². The van der Waals surface area contributed by atoms with Crippen molar-refractivity contribution in [2.24, 2.45) is 11.1 Å². The summed E-state index contributed by atoms with van der Waals surface area (Å²) < 4.78 is 5.64. The average Bonchev–Trinajstić information content (AvgIpc) is 2.37. The number of nitrogens with two attached hydrogens (primary N) is 1. The van der Waals surface area contributed by atoms with Crippen LogP contribution < -0.4 is 15.8 Å². The van der Waals surface area contributed by atoms with Crippen molar-refractivity contribution in [3.63, 3.8) is 0 Å². The Morgan fingerprint density at radius 1 is 1.50 bits per heavy atom. The molecular weight excluding hydrogens is 276 g/mol. The second-order valence-corrected chi connectivity index (χ2v) is 5.72. The summed E-state index contributed by atoms with van der Waals surface area (Å²) in [7, 11) is 0. The van der Waals surface area contributed by atoms with Gasteiger partial charge >= 0.3 is 0 Å². The largest absolute Gasteiger partial charge is 0.491 e. The topological polar surface area (TPSA) is 64.3 Å². The standard InChI is InChI=1S/C15H21ClN2O2/c1-2-8-20-13-5-4-11(16)9-12(13)18-14(19)15(10-17)6-3-7-15/h4-5,9H,2-3,6-8,10,17H2,1H3,(H,18,19). The van der Waals surface area contributed by atoms with Crippen molar-refractivity contribution in [1.82, 2.24) is 0 Å². The van der Waals surface area contributed by atoms with Gasteiger partial charge in [-0.05, 0) is 37.5 Å². The van der Waals surface area contributed by atoms with Crippen LogP contribution >= 0.6 is 11.6 Å². The summed E-state index contributed by atoms with van der Waals surface area (Å²) in [5.41, 5.74) is 5.96. The number of ether oxygens (including phenoxy) is 1. The summed E-state index contributed by atoms with van der Waals surface area (Å²) in [6, 6.07) is 5.25. The van der Waals surface area contributed by atoms with Crippen LogP contribution in [0.15, 0.2) is 18.2 Å². The number of halogens is 1. The number of rotatable bonds is 6. The first-order valence-corrected chi connectivity index (χ1v) is 7.43. The molecule has 0 bridgehead atoms. The van der Waals surface area contributed by atoms with E-state index in [1.54, 1.807) is 18.2 Å². The van der Waals surface area contributed by atoms with Crippen molar-refractivity contribution >= 4 is 23.2 Å². The SMILES string of the molecule is CCCOc1ccc(Cl)cc1NC(=O)C1(CN)CCC1. The maximum atomic E-state index is 12.4. The molecule has 0 saturated heterocycles. The fourth-order valence-corrected chi connectivity index (χ4v) is 2.49. The summed E-state index contributed by atoms with van der Waals surface area (Å²) in [5.74, 6) is 0.617. The van der Waals surface area contributed by atoms with E-state index in [2.05, 4.69) is 5.32 Å². The maximum absolute atomic E-state index is 12.4. The van der Waals surface area contributed by atoms with Gasteiger partial charge in [-0.2, -0.15) is 0 Å². The smallest absolute Gasteiger partial charge is 0.231 e. The van der Waals surface area contributed by atoms with Gasteiger partial charge in [0.15, 0.2) is 0 Å². The molecule has 1 aliphatic carbocycles. The van der Waals surface area contributed by atoms with Gasteiger partial charge in [0.2, 0.25) is 5.91 Å². The first-order chi connectivity index (χ1) is 9.61. The van der Waals surface area contributed by atoms with Crippen LogP contribution in [-0.4, -0.2) is 19.1 Å². The summed E-state index contributed by atoms with van der Waals surface area (Å²) >= 11 is 6.00. The van der Waals surface area contributed by atoms with E-state index in [1.807, 2.05) is 6.92 Å². The van der Waals surface area contributed by atoms with E-state index in [4.69, 9.17) is 22.1 Å². The van der Waals surface area contributed by atoms with Crippen molar-refractivity contribution in [3.05, 3.63) is 23.2 Å². The second kappa shape index (κ2) is 6.46. The summed E-state index contributed by atoms with van der Waals surface area (Å²) in [6.07, 6.45) is 3.66. The van der Waals surface area contributed by atoms with Crippen LogP contribution in [-0.2, 0) is 4.79 Å². The quantitative estimate of drug-likeness (QED) is 0.847. The maximum Gasteiger partial charge on any atom is 0.231 e. The highest BCUT2D eigenvalue weighted by Crippen LogP contribution is 2.41. The number of carbonyl (C=O) groups excluding carboxylic acids is 1. The van der Waals surface area contributed by atoms with Crippen molar-refractivity contribution in [2.45, 2.75) is 32.6 Å². The third kappa shape index (κ3) is 3.07. The molecule has 3 N–H and O–H groups in total. The van der Waals surface area contributed by atoms with Gasteiger partial charge in [0, 0.05) is 11.6 Å². The lowest BCUT2D eigenvalue weighted by molar-refractivity contribution is -0.129. The fourth-order valence-electron chi connectivity index (χ4n) is 2.32. The van der Waals surface area contributed by atoms with Gasteiger partial charge in [-0.15, -0.1) is 0 Å². The van der Waals surface area contributed by atoms with Crippen molar-refractivity contribution in [3.8, 4) is 5.75 Å². The van der Waals surface area contributed by atoms with E-state index in [0.717, 1.165) is 25.7 Å². The molecule has 0 heterocycles. The first-order valence-electron chi connectivity index (χ1n) is 7.05. The molecule has 4 nitrogen and oxygen atoms in total. The van der Waals surface area contributed by atoms with Crippen LogP contribution in [0.2, 0.25) is 5.02 Å². The molecule has 0 spiro atoms. The minimum absolute atomic E-state index is 0.0325. The first kappa shape index (κ1) is 15.1. The number of benzene rings is 1. The highest BCUT2D eigenvalue weighted by atomic mass is 35.5. The van der Waals surface area contributed by atoms with Crippen molar-refractivity contribution in [2.75, 3.05) is 18.5 Å². The Balaban J connectivity index is 2.14. The average molecular weight is 297 g/mol. The second-order valence-electron chi connectivity index (χ2n) is 5.28. The van der Waals surface area contributed by atoms with Gasteiger partial charge in [0.1, 0.15) is 5.75 Å². The predicted molar refractivity (Wildman–Crippen MR) is 81.2 cm³/mol. The zero-order valence-electron chi connectivity index (χ0n) is 11.7.